The minimum atomic E-state index is -0.671. The zero-order chi connectivity index (χ0) is 31.8. The molecule has 0 unspecified atom stereocenters. The van der Waals surface area contributed by atoms with Gasteiger partial charge in [0.2, 0.25) is 0 Å². The van der Waals surface area contributed by atoms with E-state index in [-0.39, 0.29) is 13.1 Å². The van der Waals surface area contributed by atoms with Crippen LogP contribution in [0.15, 0.2) is 60.7 Å². The summed E-state index contributed by atoms with van der Waals surface area (Å²) in [6.45, 7) is 4.46. The Morgan fingerprint density at radius 3 is 1.43 bits per heavy atom. The molecule has 44 heavy (non-hydrogen) atoms. The number of nitrogen functional groups attached to an aromatic ring is 1. The molecule has 0 atom stereocenters. The van der Waals surface area contributed by atoms with Gasteiger partial charge in [-0.2, -0.15) is 0 Å². The fraction of sp³-hybridized carbons (Fsp3) is 0.207. The van der Waals surface area contributed by atoms with Gasteiger partial charge >= 0.3 is 23.9 Å². The second kappa shape index (κ2) is 14.3. The van der Waals surface area contributed by atoms with E-state index in [1.807, 2.05) is 18.2 Å². The Morgan fingerprint density at radius 1 is 0.636 bits per heavy atom. The largest absolute Gasteiger partial charge is 0.391 e. The van der Waals surface area contributed by atoms with Gasteiger partial charge in [0, 0.05) is 43.0 Å². The molecule has 0 amide bonds. The maximum absolute atomic E-state index is 11.5. The standard InChI is InChI=1S/C29H28N6O8S/c1-17(36)40-34(41-18(2)37)15-22-7-5-9-24(31-22)26-13-21(28-11-12-29(30)44-28)14-27(33-26)25-10-6-8-23(32-25)16-35(42-19(3)38)43-20(4)39/h5-14H,15-16,30H2,1-4H3. The molecule has 0 aliphatic carbocycles. The number of nitrogens with zero attached hydrogens (tertiary/aromatic N) is 5. The number of rotatable bonds is 11. The molecule has 0 aliphatic heterocycles. The highest BCUT2D eigenvalue weighted by molar-refractivity contribution is 7.19. The van der Waals surface area contributed by atoms with Crippen molar-refractivity contribution < 1.29 is 38.5 Å². The van der Waals surface area contributed by atoms with Crippen LogP contribution in [-0.2, 0) is 51.6 Å². The topological polar surface area (TPSA) is 176 Å². The lowest BCUT2D eigenvalue weighted by molar-refractivity contribution is -0.330. The van der Waals surface area contributed by atoms with Gasteiger partial charge < -0.3 is 25.1 Å². The van der Waals surface area contributed by atoms with Crippen LogP contribution >= 0.6 is 11.3 Å². The molecule has 0 radical (unpaired) electrons. The smallest absolute Gasteiger partial charge is 0.326 e. The van der Waals surface area contributed by atoms with Crippen LogP contribution in [0.2, 0.25) is 0 Å². The van der Waals surface area contributed by atoms with Crippen LogP contribution in [0, 0.1) is 0 Å². The number of thiophene rings is 1. The number of pyridine rings is 3. The van der Waals surface area contributed by atoms with E-state index >= 15 is 0 Å². The number of anilines is 1. The van der Waals surface area contributed by atoms with Gasteiger partial charge in [-0.05, 0) is 54.1 Å². The molecule has 15 heteroatoms. The molecule has 0 aromatic carbocycles. The van der Waals surface area contributed by atoms with Gasteiger partial charge in [-0.15, -0.1) is 11.3 Å². The second-order valence-corrected chi connectivity index (χ2v) is 10.3. The van der Waals surface area contributed by atoms with E-state index in [0.717, 1.165) is 20.9 Å². The van der Waals surface area contributed by atoms with E-state index < -0.39 is 23.9 Å². The lowest BCUT2D eigenvalue weighted by Gasteiger charge is -2.18. The van der Waals surface area contributed by atoms with Gasteiger partial charge in [0.25, 0.3) is 0 Å². The normalized spacial score (nSPS) is 10.9. The molecule has 228 valence electrons. The van der Waals surface area contributed by atoms with E-state index in [9.17, 15) is 19.2 Å². The molecule has 2 N–H and O–H groups in total. The first-order valence-corrected chi connectivity index (χ1v) is 13.9. The molecule has 0 saturated carbocycles. The first-order valence-electron chi connectivity index (χ1n) is 13.0. The first-order chi connectivity index (χ1) is 20.9. The van der Waals surface area contributed by atoms with Crippen molar-refractivity contribution in [2.75, 3.05) is 5.73 Å². The SMILES string of the molecule is CC(=O)ON(Cc1cccc(-c2cc(-c3ccc(N)s3)cc(-c3cccc(CN(OC(C)=O)OC(C)=O)n3)n2)n1)OC(C)=O. The molecule has 0 bridgehead atoms. The predicted molar refractivity (Wildman–Crippen MR) is 157 cm³/mol. The van der Waals surface area contributed by atoms with E-state index in [4.69, 9.17) is 30.1 Å². The van der Waals surface area contributed by atoms with E-state index in [2.05, 4.69) is 9.97 Å². The number of hydroxylamine groups is 4. The Morgan fingerprint density at radius 2 is 1.07 bits per heavy atom. The fourth-order valence-corrected chi connectivity index (χ4v) is 4.63. The highest BCUT2D eigenvalue weighted by Crippen LogP contribution is 2.34. The molecule has 4 aromatic heterocycles. The molecular formula is C29H28N6O8S. The third-order valence-electron chi connectivity index (χ3n) is 5.38. The number of hydrogen-bond acceptors (Lipinski definition) is 15. The molecule has 14 nitrogen and oxygen atoms in total. The fourth-order valence-electron chi connectivity index (χ4n) is 3.87. The Labute approximate surface area is 255 Å². The zero-order valence-electron chi connectivity index (χ0n) is 24.2. The lowest BCUT2D eigenvalue weighted by Crippen LogP contribution is -2.28. The minimum absolute atomic E-state index is 0.133. The van der Waals surface area contributed by atoms with Gasteiger partial charge in [0.15, 0.2) is 0 Å². The summed E-state index contributed by atoms with van der Waals surface area (Å²) in [6, 6.07) is 17.7. The van der Waals surface area contributed by atoms with Crippen molar-refractivity contribution in [1.82, 2.24) is 25.4 Å². The maximum Gasteiger partial charge on any atom is 0.326 e. The van der Waals surface area contributed by atoms with E-state index in [0.29, 0.717) is 39.2 Å². The van der Waals surface area contributed by atoms with Gasteiger partial charge in [-0.25, -0.2) is 15.0 Å². The van der Waals surface area contributed by atoms with Crippen LogP contribution in [0.1, 0.15) is 39.1 Å². The summed E-state index contributed by atoms with van der Waals surface area (Å²) in [4.78, 5) is 80.8. The molecule has 4 rings (SSSR count). The number of aromatic nitrogens is 3. The molecule has 0 fully saturated rings. The Balaban J connectivity index is 1.73. The predicted octanol–water partition coefficient (Wildman–Crippen LogP) is 4.03. The number of hydrogen-bond donors (Lipinski definition) is 1. The Bertz CT molecular complexity index is 1560. The highest BCUT2D eigenvalue weighted by atomic mass is 32.1. The first kappa shape index (κ1) is 31.7. The zero-order valence-corrected chi connectivity index (χ0v) is 25.0. The summed E-state index contributed by atoms with van der Waals surface area (Å²) in [5.74, 6) is -2.68. The summed E-state index contributed by atoms with van der Waals surface area (Å²) in [7, 11) is 0. The average Bonchev–Trinajstić information content (AvgIpc) is 3.38. The second-order valence-electron chi connectivity index (χ2n) is 9.17. The van der Waals surface area contributed by atoms with Crippen LogP contribution < -0.4 is 5.73 Å². The van der Waals surface area contributed by atoms with Crippen molar-refractivity contribution in [3.63, 3.8) is 0 Å². The Kier molecular flexibility index (Phi) is 10.3. The number of carbonyl (C=O) groups excluding carboxylic acids is 4. The van der Waals surface area contributed by atoms with Crippen molar-refractivity contribution in [3.05, 3.63) is 72.1 Å². The Hall–Kier alpha value is -5.25. The van der Waals surface area contributed by atoms with E-state index in [1.165, 1.54) is 39.0 Å². The molecule has 0 spiro atoms. The van der Waals surface area contributed by atoms with Crippen LogP contribution in [0.5, 0.6) is 0 Å². The van der Waals surface area contributed by atoms with Gasteiger partial charge in [-0.3, -0.25) is 19.2 Å². The minimum Gasteiger partial charge on any atom is -0.391 e. The van der Waals surface area contributed by atoms with Gasteiger partial charge in [0.1, 0.15) is 13.1 Å². The third-order valence-corrected chi connectivity index (χ3v) is 6.34. The average molecular weight is 621 g/mol. The van der Waals surface area contributed by atoms with Crippen LogP contribution in [0.4, 0.5) is 5.00 Å². The van der Waals surface area contributed by atoms with Crippen molar-refractivity contribution in [2.45, 2.75) is 40.8 Å². The number of nitrogens with two attached hydrogens (primary N) is 1. The quantitative estimate of drug-likeness (QED) is 0.238. The van der Waals surface area contributed by atoms with Crippen molar-refractivity contribution >= 4 is 40.2 Å². The van der Waals surface area contributed by atoms with Gasteiger partial charge in [-0.1, -0.05) is 12.1 Å². The maximum atomic E-state index is 11.5. The molecule has 4 heterocycles. The molecular weight excluding hydrogens is 592 g/mol. The molecule has 0 saturated heterocycles. The van der Waals surface area contributed by atoms with E-state index in [1.54, 1.807) is 42.5 Å². The monoisotopic (exact) mass is 620 g/mol. The van der Waals surface area contributed by atoms with Crippen molar-refractivity contribution in [2.24, 2.45) is 0 Å². The molecule has 0 aliphatic rings. The highest BCUT2D eigenvalue weighted by Gasteiger charge is 2.18. The van der Waals surface area contributed by atoms with Gasteiger partial charge in [0.05, 0.1) is 39.2 Å². The summed E-state index contributed by atoms with van der Waals surface area (Å²) < 4.78 is 0. The van der Waals surface area contributed by atoms with Crippen LogP contribution in [0.25, 0.3) is 33.2 Å². The lowest BCUT2D eigenvalue weighted by atomic mass is 10.1. The summed E-state index contributed by atoms with van der Waals surface area (Å²) in [6.07, 6.45) is 0. The summed E-state index contributed by atoms with van der Waals surface area (Å²) >= 11 is 1.40. The van der Waals surface area contributed by atoms with Crippen LogP contribution in [-0.4, -0.2) is 49.3 Å². The summed E-state index contributed by atoms with van der Waals surface area (Å²) in [5, 5.41) is 2.14. The van der Waals surface area contributed by atoms with Crippen molar-refractivity contribution in [1.29, 1.82) is 0 Å². The molecule has 4 aromatic rings. The van der Waals surface area contributed by atoms with Crippen LogP contribution in [0.3, 0.4) is 0 Å². The summed E-state index contributed by atoms with van der Waals surface area (Å²) in [5.41, 5.74) is 9.61. The van der Waals surface area contributed by atoms with Crippen molar-refractivity contribution in [3.8, 4) is 33.2 Å². The number of carbonyl (C=O) groups is 4. The third kappa shape index (κ3) is 9.12.